The Morgan fingerprint density at radius 3 is 2.89 bits per heavy atom. The maximum atomic E-state index is 2.41. The van der Waals surface area contributed by atoms with E-state index in [4.69, 9.17) is 0 Å². The molecule has 0 radical (unpaired) electrons. The molecule has 1 aliphatic heterocycles. The topological polar surface area (TPSA) is 3.24 Å². The lowest BCUT2D eigenvalue weighted by atomic mass is 9.91. The number of nitrogens with zero attached hydrogens (tertiary/aromatic N) is 1. The van der Waals surface area contributed by atoms with Crippen molar-refractivity contribution in [2.45, 2.75) is 32.6 Å². The first-order valence-electron chi connectivity index (χ1n) is 6.87. The molecule has 3 rings (SSSR count). The molecule has 1 aliphatic carbocycles. The van der Waals surface area contributed by atoms with Gasteiger partial charge < -0.3 is 4.90 Å². The normalized spacial score (nSPS) is 22.6. The third-order valence-corrected chi connectivity index (χ3v) is 4.28. The highest BCUT2D eigenvalue weighted by Gasteiger charge is 2.25. The summed E-state index contributed by atoms with van der Waals surface area (Å²) in [4.78, 5) is 2.41. The van der Waals surface area contributed by atoms with Gasteiger partial charge in [0.05, 0.1) is 0 Å². The fraction of sp³-hybridized carbons (Fsp3) is 0.412. The van der Waals surface area contributed by atoms with Crippen molar-refractivity contribution in [1.82, 2.24) is 4.90 Å². The van der Waals surface area contributed by atoms with Gasteiger partial charge in [0.15, 0.2) is 0 Å². The third kappa shape index (κ3) is 1.78. The third-order valence-electron chi connectivity index (χ3n) is 4.28. The van der Waals surface area contributed by atoms with Crippen LogP contribution in [0.1, 0.15) is 36.0 Å². The summed E-state index contributed by atoms with van der Waals surface area (Å²) in [7, 11) is 2.22. The van der Waals surface area contributed by atoms with Crippen molar-refractivity contribution in [2.24, 2.45) is 0 Å². The SMILES string of the molecule is Cc1ccc2c(c1)CCC1=C(C2C)N(C)CC=C1. The first-order valence-corrected chi connectivity index (χ1v) is 6.87. The van der Waals surface area contributed by atoms with E-state index < -0.39 is 0 Å². The van der Waals surface area contributed by atoms with E-state index in [0.717, 1.165) is 6.54 Å². The summed E-state index contributed by atoms with van der Waals surface area (Å²) in [5, 5.41) is 0. The van der Waals surface area contributed by atoms with Gasteiger partial charge in [-0.3, -0.25) is 0 Å². The van der Waals surface area contributed by atoms with Crippen LogP contribution in [0.5, 0.6) is 0 Å². The Morgan fingerprint density at radius 2 is 2.06 bits per heavy atom. The van der Waals surface area contributed by atoms with Gasteiger partial charge in [0.1, 0.15) is 0 Å². The fourth-order valence-corrected chi connectivity index (χ4v) is 3.39. The Hall–Kier alpha value is -1.50. The summed E-state index contributed by atoms with van der Waals surface area (Å²) in [6.45, 7) is 5.59. The van der Waals surface area contributed by atoms with E-state index in [9.17, 15) is 0 Å². The van der Waals surface area contributed by atoms with Crippen molar-refractivity contribution in [3.8, 4) is 0 Å². The minimum Gasteiger partial charge on any atom is -0.373 e. The van der Waals surface area contributed by atoms with Gasteiger partial charge in [-0.2, -0.15) is 0 Å². The van der Waals surface area contributed by atoms with Crippen LogP contribution in [0.4, 0.5) is 0 Å². The summed E-state index contributed by atoms with van der Waals surface area (Å²) in [5.74, 6) is 0.521. The molecule has 0 fully saturated rings. The number of benzene rings is 1. The largest absolute Gasteiger partial charge is 0.373 e. The van der Waals surface area contributed by atoms with Crippen LogP contribution in [-0.4, -0.2) is 18.5 Å². The van der Waals surface area contributed by atoms with Crippen LogP contribution in [-0.2, 0) is 6.42 Å². The first kappa shape index (κ1) is 11.6. The second kappa shape index (κ2) is 4.31. The average molecular weight is 239 g/mol. The van der Waals surface area contributed by atoms with E-state index in [1.54, 1.807) is 5.56 Å². The highest BCUT2D eigenvalue weighted by Crippen LogP contribution is 2.37. The Balaban J connectivity index is 2.11. The Bertz CT molecular complexity index is 537. The van der Waals surface area contributed by atoms with Crippen LogP contribution in [0.25, 0.3) is 0 Å². The second-order valence-electron chi connectivity index (χ2n) is 5.62. The Kier molecular flexibility index (Phi) is 2.77. The van der Waals surface area contributed by atoms with E-state index in [1.165, 1.54) is 35.2 Å². The lowest BCUT2D eigenvalue weighted by Crippen LogP contribution is -2.25. The molecule has 0 aromatic heterocycles. The van der Waals surface area contributed by atoms with Crippen molar-refractivity contribution in [2.75, 3.05) is 13.6 Å². The average Bonchev–Trinajstić information content (AvgIpc) is 2.48. The highest BCUT2D eigenvalue weighted by molar-refractivity contribution is 5.45. The lowest BCUT2D eigenvalue weighted by Gasteiger charge is -2.31. The summed E-state index contributed by atoms with van der Waals surface area (Å²) in [6.07, 6.45) is 6.98. The first-order chi connectivity index (χ1) is 8.66. The molecule has 1 nitrogen and oxygen atoms in total. The maximum absolute atomic E-state index is 2.41. The minimum absolute atomic E-state index is 0.521. The molecule has 18 heavy (non-hydrogen) atoms. The molecule has 1 aromatic carbocycles. The predicted molar refractivity (Wildman–Crippen MR) is 76.7 cm³/mol. The maximum Gasteiger partial charge on any atom is 0.0356 e. The van der Waals surface area contributed by atoms with Crippen LogP contribution in [0.15, 0.2) is 41.6 Å². The van der Waals surface area contributed by atoms with Crippen molar-refractivity contribution < 1.29 is 0 Å². The molecule has 0 saturated heterocycles. The standard InChI is InChI=1S/C17H21N/c1-12-6-9-16-13(2)17-14(5-4-10-18(17)3)7-8-15(16)11-12/h4-6,9,11,13H,7-8,10H2,1-3H3. The highest BCUT2D eigenvalue weighted by atomic mass is 15.1. The van der Waals surface area contributed by atoms with Crippen molar-refractivity contribution in [3.63, 3.8) is 0 Å². The Morgan fingerprint density at radius 1 is 1.22 bits per heavy atom. The second-order valence-corrected chi connectivity index (χ2v) is 5.62. The predicted octanol–water partition coefficient (Wildman–Crippen LogP) is 3.80. The molecule has 0 saturated carbocycles. The molecular formula is C17H21N. The van der Waals surface area contributed by atoms with Crippen molar-refractivity contribution in [1.29, 1.82) is 0 Å². The van der Waals surface area contributed by atoms with E-state index in [1.807, 2.05) is 0 Å². The van der Waals surface area contributed by atoms with Gasteiger partial charge in [0.25, 0.3) is 0 Å². The van der Waals surface area contributed by atoms with Gasteiger partial charge >= 0.3 is 0 Å². The molecule has 1 heterocycles. The molecule has 2 aliphatic rings. The number of hydrogen-bond donors (Lipinski definition) is 0. The fourth-order valence-electron chi connectivity index (χ4n) is 3.39. The molecular weight excluding hydrogens is 218 g/mol. The number of rotatable bonds is 0. The van der Waals surface area contributed by atoms with Gasteiger partial charge in [-0.15, -0.1) is 0 Å². The van der Waals surface area contributed by atoms with Gasteiger partial charge in [-0.25, -0.2) is 0 Å². The van der Waals surface area contributed by atoms with Crippen LogP contribution in [0.3, 0.4) is 0 Å². The number of hydrogen-bond acceptors (Lipinski definition) is 1. The van der Waals surface area contributed by atoms with Gasteiger partial charge in [-0.1, -0.05) is 42.8 Å². The van der Waals surface area contributed by atoms with E-state index in [0.29, 0.717) is 5.92 Å². The summed E-state index contributed by atoms with van der Waals surface area (Å²) in [5.41, 5.74) is 7.50. The zero-order valence-corrected chi connectivity index (χ0v) is 11.5. The number of allylic oxidation sites excluding steroid dienone is 3. The molecule has 1 heteroatoms. The zero-order chi connectivity index (χ0) is 12.7. The van der Waals surface area contributed by atoms with Gasteiger partial charge in [0, 0.05) is 25.2 Å². The molecule has 0 N–H and O–H groups in total. The summed E-state index contributed by atoms with van der Waals surface area (Å²) in [6, 6.07) is 6.95. The molecule has 1 aromatic rings. The molecule has 1 unspecified atom stereocenters. The van der Waals surface area contributed by atoms with E-state index in [-0.39, 0.29) is 0 Å². The van der Waals surface area contributed by atoms with Crippen LogP contribution < -0.4 is 0 Å². The minimum atomic E-state index is 0.521. The lowest BCUT2D eigenvalue weighted by molar-refractivity contribution is 0.420. The quantitative estimate of drug-likeness (QED) is 0.665. The number of fused-ring (bicyclic) bond motifs is 1. The summed E-state index contributed by atoms with van der Waals surface area (Å²) >= 11 is 0. The summed E-state index contributed by atoms with van der Waals surface area (Å²) < 4.78 is 0. The molecule has 1 atom stereocenters. The van der Waals surface area contributed by atoms with Crippen LogP contribution in [0, 0.1) is 6.92 Å². The van der Waals surface area contributed by atoms with Gasteiger partial charge in [0.2, 0.25) is 0 Å². The molecule has 0 spiro atoms. The van der Waals surface area contributed by atoms with Crippen LogP contribution in [0.2, 0.25) is 0 Å². The Labute approximate surface area is 110 Å². The van der Waals surface area contributed by atoms with Crippen LogP contribution >= 0.6 is 0 Å². The van der Waals surface area contributed by atoms with E-state index in [2.05, 4.69) is 56.1 Å². The number of aryl methyl sites for hydroxylation is 2. The monoisotopic (exact) mass is 239 g/mol. The van der Waals surface area contributed by atoms with E-state index >= 15 is 0 Å². The smallest absolute Gasteiger partial charge is 0.0356 e. The zero-order valence-electron chi connectivity index (χ0n) is 11.5. The van der Waals surface area contributed by atoms with Gasteiger partial charge in [-0.05, 0) is 36.5 Å². The van der Waals surface area contributed by atoms with Crippen molar-refractivity contribution >= 4 is 0 Å². The number of likely N-dealkylation sites (N-methyl/N-ethyl adjacent to an activating group) is 1. The van der Waals surface area contributed by atoms with Crippen molar-refractivity contribution in [3.05, 3.63) is 58.3 Å². The molecule has 94 valence electrons. The molecule has 0 bridgehead atoms. The molecule has 0 amide bonds.